The number of amides is 1. The molecule has 1 N–H and O–H groups in total. The van der Waals surface area contributed by atoms with Crippen molar-refractivity contribution in [2.45, 2.75) is 45.4 Å². The van der Waals surface area contributed by atoms with Crippen LogP contribution in [0.1, 0.15) is 37.8 Å². The van der Waals surface area contributed by atoms with Crippen LogP contribution >= 0.6 is 0 Å². The van der Waals surface area contributed by atoms with Gasteiger partial charge < -0.3 is 0 Å². The lowest BCUT2D eigenvalue weighted by molar-refractivity contribution is -0.123. The van der Waals surface area contributed by atoms with Crippen molar-refractivity contribution in [3.05, 3.63) is 29.3 Å². The fourth-order valence-electron chi connectivity index (χ4n) is 2.03. The molecule has 0 aliphatic carbocycles. The Labute approximate surface area is 115 Å². The summed E-state index contributed by atoms with van der Waals surface area (Å²) in [5, 5.41) is 0. The smallest absolute Gasteiger partial charge is 0.264 e. The molecule has 0 aliphatic heterocycles. The second-order valence-electron chi connectivity index (χ2n) is 4.75. The maximum Gasteiger partial charge on any atom is 0.264 e. The number of hydrogen-bond donors (Lipinski definition) is 1. The van der Waals surface area contributed by atoms with Crippen LogP contribution in [0.2, 0.25) is 0 Å². The number of nitrogens with one attached hydrogen (secondary N) is 1. The van der Waals surface area contributed by atoms with E-state index >= 15 is 0 Å². The minimum Gasteiger partial charge on any atom is -0.274 e. The van der Waals surface area contributed by atoms with Crippen LogP contribution in [0.25, 0.3) is 0 Å². The first-order valence-corrected chi connectivity index (χ1v) is 7.94. The molecule has 1 aromatic carbocycles. The van der Waals surface area contributed by atoms with Gasteiger partial charge in [-0.05, 0) is 38.3 Å². The molecule has 106 valence electrons. The number of carbonyl (C=O) groups is 1. The van der Waals surface area contributed by atoms with Crippen molar-refractivity contribution in [2.24, 2.45) is 5.92 Å². The number of aryl methyl sites for hydroxylation is 2. The van der Waals surface area contributed by atoms with Crippen LogP contribution in [-0.2, 0) is 14.8 Å². The van der Waals surface area contributed by atoms with E-state index in [-0.39, 0.29) is 10.8 Å². The van der Waals surface area contributed by atoms with E-state index in [4.69, 9.17) is 0 Å². The van der Waals surface area contributed by atoms with Crippen LogP contribution in [-0.4, -0.2) is 14.3 Å². The van der Waals surface area contributed by atoms with Crippen molar-refractivity contribution in [3.8, 4) is 0 Å². The summed E-state index contributed by atoms with van der Waals surface area (Å²) < 4.78 is 26.5. The molecule has 0 radical (unpaired) electrons. The summed E-state index contributed by atoms with van der Waals surface area (Å²) in [6, 6.07) is 5.05. The lowest BCUT2D eigenvalue weighted by atomic mass is 10.0. The largest absolute Gasteiger partial charge is 0.274 e. The fourth-order valence-corrected chi connectivity index (χ4v) is 3.30. The van der Waals surface area contributed by atoms with Gasteiger partial charge in [-0.3, -0.25) is 4.79 Å². The summed E-state index contributed by atoms with van der Waals surface area (Å²) in [6.07, 6.45) is 1.26. The molecule has 1 aromatic rings. The van der Waals surface area contributed by atoms with Crippen LogP contribution in [0.15, 0.2) is 23.1 Å². The fraction of sp³-hybridized carbons (Fsp3) is 0.500. The Morgan fingerprint density at radius 2 is 1.79 bits per heavy atom. The minimum atomic E-state index is -3.77. The van der Waals surface area contributed by atoms with Crippen molar-refractivity contribution < 1.29 is 13.2 Å². The highest BCUT2D eigenvalue weighted by Crippen LogP contribution is 2.17. The molecular weight excluding hydrogens is 262 g/mol. The molecule has 0 fully saturated rings. The molecule has 0 saturated carbocycles. The van der Waals surface area contributed by atoms with Gasteiger partial charge in [-0.2, -0.15) is 0 Å². The van der Waals surface area contributed by atoms with Crippen molar-refractivity contribution in [1.29, 1.82) is 0 Å². The molecule has 0 atom stereocenters. The molecule has 19 heavy (non-hydrogen) atoms. The van der Waals surface area contributed by atoms with Crippen LogP contribution in [0.3, 0.4) is 0 Å². The molecule has 0 unspecified atom stereocenters. The quantitative estimate of drug-likeness (QED) is 0.903. The Balaban J connectivity index is 3.02. The monoisotopic (exact) mass is 283 g/mol. The van der Waals surface area contributed by atoms with Gasteiger partial charge in [-0.25, -0.2) is 13.1 Å². The molecule has 0 aliphatic rings. The standard InChI is InChI=1S/C14H21NO3S/c1-5-12(6-2)14(16)15-19(17,18)13-8-7-10(3)9-11(13)4/h7-9,12H,5-6H2,1-4H3,(H,15,16). The Morgan fingerprint density at radius 1 is 1.21 bits per heavy atom. The maximum absolute atomic E-state index is 12.2. The molecule has 4 nitrogen and oxygen atoms in total. The molecule has 0 aromatic heterocycles. The van der Waals surface area contributed by atoms with Gasteiger partial charge in [-0.1, -0.05) is 31.5 Å². The van der Waals surface area contributed by atoms with Gasteiger partial charge in [0.25, 0.3) is 10.0 Å². The minimum absolute atomic E-state index is 0.164. The highest BCUT2D eigenvalue weighted by atomic mass is 32.2. The van der Waals surface area contributed by atoms with Gasteiger partial charge in [0.05, 0.1) is 4.90 Å². The van der Waals surface area contributed by atoms with Gasteiger partial charge in [0, 0.05) is 5.92 Å². The maximum atomic E-state index is 12.2. The van der Waals surface area contributed by atoms with Crippen LogP contribution in [0.4, 0.5) is 0 Å². The molecule has 1 rings (SSSR count). The summed E-state index contributed by atoms with van der Waals surface area (Å²) in [7, 11) is -3.77. The number of carbonyl (C=O) groups excluding carboxylic acids is 1. The lowest BCUT2D eigenvalue weighted by Crippen LogP contribution is -2.35. The first-order chi connectivity index (χ1) is 8.81. The van der Waals surface area contributed by atoms with Crippen LogP contribution < -0.4 is 4.72 Å². The number of benzene rings is 1. The van der Waals surface area contributed by atoms with E-state index in [9.17, 15) is 13.2 Å². The number of sulfonamides is 1. The summed E-state index contributed by atoms with van der Waals surface area (Å²) in [5.74, 6) is -0.689. The average molecular weight is 283 g/mol. The summed E-state index contributed by atoms with van der Waals surface area (Å²) in [6.45, 7) is 7.37. The van der Waals surface area contributed by atoms with Crippen molar-refractivity contribution in [3.63, 3.8) is 0 Å². The predicted octanol–water partition coefficient (Wildman–Crippen LogP) is 2.54. The number of rotatable bonds is 5. The average Bonchev–Trinajstić information content (AvgIpc) is 2.29. The number of hydrogen-bond acceptors (Lipinski definition) is 3. The summed E-state index contributed by atoms with van der Waals surface area (Å²) in [4.78, 5) is 12.0. The molecule has 5 heteroatoms. The van der Waals surface area contributed by atoms with Gasteiger partial charge in [0.2, 0.25) is 5.91 Å². The second kappa shape index (κ2) is 6.19. The van der Waals surface area contributed by atoms with Crippen LogP contribution in [0.5, 0.6) is 0 Å². The SMILES string of the molecule is CCC(CC)C(=O)NS(=O)(=O)c1ccc(C)cc1C. The molecule has 0 heterocycles. The molecule has 1 amide bonds. The first-order valence-electron chi connectivity index (χ1n) is 6.45. The highest BCUT2D eigenvalue weighted by molar-refractivity contribution is 7.90. The third-order valence-corrected chi connectivity index (χ3v) is 4.72. The highest BCUT2D eigenvalue weighted by Gasteiger charge is 2.23. The molecular formula is C14H21NO3S. The van der Waals surface area contributed by atoms with E-state index < -0.39 is 15.9 Å². The topological polar surface area (TPSA) is 63.2 Å². The summed E-state index contributed by atoms with van der Waals surface area (Å²) in [5.41, 5.74) is 1.63. The first kappa shape index (κ1) is 15.7. The zero-order valence-corrected chi connectivity index (χ0v) is 12.7. The zero-order valence-electron chi connectivity index (χ0n) is 11.9. The van der Waals surface area contributed by atoms with E-state index in [1.54, 1.807) is 19.1 Å². The van der Waals surface area contributed by atoms with Gasteiger partial charge >= 0.3 is 0 Å². The lowest BCUT2D eigenvalue weighted by Gasteiger charge is -2.14. The van der Waals surface area contributed by atoms with Crippen LogP contribution in [0, 0.1) is 19.8 Å². The second-order valence-corrected chi connectivity index (χ2v) is 6.40. The van der Waals surface area contributed by atoms with E-state index in [1.165, 1.54) is 6.07 Å². The Morgan fingerprint density at radius 3 is 2.26 bits per heavy atom. The molecule has 0 spiro atoms. The van der Waals surface area contributed by atoms with Gasteiger partial charge in [-0.15, -0.1) is 0 Å². The van der Waals surface area contributed by atoms with E-state index in [2.05, 4.69) is 4.72 Å². The van der Waals surface area contributed by atoms with Crippen molar-refractivity contribution >= 4 is 15.9 Å². The van der Waals surface area contributed by atoms with Gasteiger partial charge in [0.15, 0.2) is 0 Å². The zero-order chi connectivity index (χ0) is 14.6. The normalized spacial score (nSPS) is 11.6. The van der Waals surface area contributed by atoms with Crippen molar-refractivity contribution in [2.75, 3.05) is 0 Å². The molecule has 0 saturated heterocycles. The Hall–Kier alpha value is -1.36. The predicted molar refractivity (Wildman–Crippen MR) is 75.3 cm³/mol. The summed E-state index contributed by atoms with van der Waals surface area (Å²) >= 11 is 0. The van der Waals surface area contributed by atoms with E-state index in [1.807, 2.05) is 20.8 Å². The third-order valence-electron chi connectivity index (χ3n) is 3.21. The van der Waals surface area contributed by atoms with Crippen molar-refractivity contribution in [1.82, 2.24) is 4.72 Å². The Kier molecular flexibility index (Phi) is 5.11. The van der Waals surface area contributed by atoms with Gasteiger partial charge in [0.1, 0.15) is 0 Å². The van der Waals surface area contributed by atoms with E-state index in [0.717, 1.165) is 5.56 Å². The Bertz CT molecular complexity index is 560. The van der Waals surface area contributed by atoms with E-state index in [0.29, 0.717) is 18.4 Å². The third kappa shape index (κ3) is 3.80. The molecule has 0 bridgehead atoms.